The van der Waals surface area contributed by atoms with Gasteiger partial charge in [0.1, 0.15) is 0 Å². The lowest BCUT2D eigenvalue weighted by atomic mass is 10.3. The van der Waals surface area contributed by atoms with Crippen LogP contribution in [0.15, 0.2) is 12.5 Å². The van der Waals surface area contributed by atoms with Crippen LogP contribution >= 0.6 is 0 Å². The van der Waals surface area contributed by atoms with Gasteiger partial charge in [0.05, 0.1) is 18.4 Å². The van der Waals surface area contributed by atoms with Crippen LogP contribution in [0.4, 0.5) is 0 Å². The number of imidazole rings is 1. The summed E-state index contributed by atoms with van der Waals surface area (Å²) in [5.74, 6) is 0. The minimum Gasteiger partial charge on any atom is -0.340 e. The minimum absolute atomic E-state index is 0.539. The van der Waals surface area contributed by atoms with Crippen molar-refractivity contribution >= 4 is 0 Å². The molecule has 0 aliphatic carbocycles. The number of hydrogen-bond acceptors (Lipinski definition) is 1. The zero-order valence-corrected chi connectivity index (χ0v) is 5.91. The summed E-state index contributed by atoms with van der Waals surface area (Å²) in [6.45, 7) is 7.09. The summed E-state index contributed by atoms with van der Waals surface area (Å²) < 4.78 is 1.89. The van der Waals surface area contributed by atoms with Crippen LogP contribution < -0.4 is 0 Å². The monoisotopic (exact) mass is 135 g/mol. The van der Waals surface area contributed by atoms with E-state index in [0.717, 1.165) is 12.1 Å². The first kappa shape index (κ1) is 6.81. The SMILES string of the molecule is [C-]#[N+]CCc1cn(C)cn1. The van der Waals surface area contributed by atoms with Crippen LogP contribution in [0.3, 0.4) is 0 Å². The molecule has 1 aromatic heterocycles. The normalized spacial score (nSPS) is 9.20. The highest BCUT2D eigenvalue weighted by Gasteiger charge is 1.96. The molecule has 0 aliphatic rings. The van der Waals surface area contributed by atoms with E-state index < -0.39 is 0 Å². The second kappa shape index (κ2) is 3.02. The topological polar surface area (TPSA) is 22.2 Å². The lowest BCUT2D eigenvalue weighted by Crippen LogP contribution is -1.86. The molecule has 0 N–H and O–H groups in total. The number of aromatic nitrogens is 2. The molecule has 10 heavy (non-hydrogen) atoms. The van der Waals surface area contributed by atoms with Gasteiger partial charge in [0.15, 0.2) is 0 Å². The van der Waals surface area contributed by atoms with Gasteiger partial charge >= 0.3 is 0 Å². The average molecular weight is 135 g/mol. The molecule has 0 aliphatic heterocycles. The van der Waals surface area contributed by atoms with Gasteiger partial charge < -0.3 is 9.41 Å². The van der Waals surface area contributed by atoms with Crippen molar-refractivity contribution < 1.29 is 0 Å². The van der Waals surface area contributed by atoms with Crippen molar-refractivity contribution in [3.8, 4) is 0 Å². The van der Waals surface area contributed by atoms with Gasteiger partial charge in [-0.2, -0.15) is 0 Å². The molecular weight excluding hydrogens is 126 g/mol. The lowest BCUT2D eigenvalue weighted by molar-refractivity contribution is 0.911. The van der Waals surface area contributed by atoms with E-state index in [0.29, 0.717) is 6.54 Å². The number of aryl methyl sites for hydroxylation is 1. The van der Waals surface area contributed by atoms with Crippen LogP contribution in [-0.4, -0.2) is 16.1 Å². The zero-order chi connectivity index (χ0) is 7.40. The Labute approximate surface area is 60.1 Å². The van der Waals surface area contributed by atoms with Gasteiger partial charge in [-0.05, 0) is 0 Å². The largest absolute Gasteiger partial charge is 0.340 e. The van der Waals surface area contributed by atoms with Gasteiger partial charge in [-0.3, -0.25) is 0 Å². The predicted molar refractivity (Wildman–Crippen MR) is 38.4 cm³/mol. The van der Waals surface area contributed by atoms with E-state index in [4.69, 9.17) is 6.57 Å². The summed E-state index contributed by atoms with van der Waals surface area (Å²) in [6.07, 6.45) is 4.45. The molecule has 3 nitrogen and oxygen atoms in total. The van der Waals surface area contributed by atoms with Crippen LogP contribution in [0.5, 0.6) is 0 Å². The van der Waals surface area contributed by atoms with Gasteiger partial charge in [0.25, 0.3) is 0 Å². The Morgan fingerprint density at radius 3 is 3.10 bits per heavy atom. The highest BCUT2D eigenvalue weighted by molar-refractivity contribution is 4.97. The Hall–Kier alpha value is -1.30. The molecule has 0 bridgehead atoms. The Balaban J connectivity index is 2.52. The Kier molecular flexibility index (Phi) is 2.06. The highest BCUT2D eigenvalue weighted by Crippen LogP contribution is 1.94. The first-order chi connectivity index (χ1) is 4.83. The van der Waals surface area contributed by atoms with Crippen molar-refractivity contribution in [2.24, 2.45) is 7.05 Å². The second-order valence-electron chi connectivity index (χ2n) is 2.16. The van der Waals surface area contributed by atoms with Gasteiger partial charge in [-0.25, -0.2) is 11.6 Å². The molecule has 1 rings (SSSR count). The molecule has 0 saturated heterocycles. The summed E-state index contributed by atoms with van der Waals surface area (Å²) in [4.78, 5) is 7.31. The summed E-state index contributed by atoms with van der Waals surface area (Å²) in [6, 6.07) is 0. The third kappa shape index (κ3) is 1.59. The lowest BCUT2D eigenvalue weighted by Gasteiger charge is -1.83. The van der Waals surface area contributed by atoms with Crippen molar-refractivity contribution in [3.63, 3.8) is 0 Å². The molecule has 0 aromatic carbocycles. The fraction of sp³-hybridized carbons (Fsp3) is 0.429. The van der Waals surface area contributed by atoms with Crippen molar-refractivity contribution in [1.29, 1.82) is 0 Å². The van der Waals surface area contributed by atoms with Crippen LogP contribution in [-0.2, 0) is 13.5 Å². The van der Waals surface area contributed by atoms with Crippen molar-refractivity contribution in [3.05, 3.63) is 29.6 Å². The van der Waals surface area contributed by atoms with Crippen LogP contribution in [0.1, 0.15) is 5.69 Å². The third-order valence-corrected chi connectivity index (χ3v) is 1.24. The van der Waals surface area contributed by atoms with Gasteiger partial charge in [0.2, 0.25) is 6.54 Å². The molecule has 1 aromatic rings. The number of nitrogens with zero attached hydrogens (tertiary/aromatic N) is 3. The maximum absolute atomic E-state index is 6.55. The molecule has 0 radical (unpaired) electrons. The van der Waals surface area contributed by atoms with Crippen molar-refractivity contribution in [2.75, 3.05) is 6.54 Å². The van der Waals surface area contributed by atoms with E-state index in [2.05, 4.69) is 9.83 Å². The zero-order valence-electron chi connectivity index (χ0n) is 5.91. The van der Waals surface area contributed by atoms with E-state index in [-0.39, 0.29) is 0 Å². The standard InChI is InChI=1S/C7H9N3/c1-8-4-3-7-5-10(2)6-9-7/h5-6H,3-4H2,2H3. The van der Waals surface area contributed by atoms with E-state index >= 15 is 0 Å². The highest BCUT2D eigenvalue weighted by atomic mass is 15.0. The Morgan fingerprint density at radius 1 is 1.80 bits per heavy atom. The summed E-state index contributed by atoms with van der Waals surface area (Å²) in [7, 11) is 1.92. The van der Waals surface area contributed by atoms with Crippen molar-refractivity contribution in [1.82, 2.24) is 9.55 Å². The second-order valence-corrected chi connectivity index (χ2v) is 2.16. The first-order valence-corrected chi connectivity index (χ1v) is 3.13. The molecule has 52 valence electrons. The van der Waals surface area contributed by atoms with E-state index in [9.17, 15) is 0 Å². The van der Waals surface area contributed by atoms with E-state index in [1.54, 1.807) is 6.33 Å². The molecule has 0 amide bonds. The number of hydrogen-bond donors (Lipinski definition) is 0. The first-order valence-electron chi connectivity index (χ1n) is 3.13. The van der Waals surface area contributed by atoms with E-state index in [1.807, 2.05) is 17.8 Å². The third-order valence-electron chi connectivity index (χ3n) is 1.24. The predicted octanol–water partition coefficient (Wildman–Crippen LogP) is 0.882. The summed E-state index contributed by atoms with van der Waals surface area (Å²) >= 11 is 0. The molecule has 3 heteroatoms. The van der Waals surface area contributed by atoms with Gasteiger partial charge in [-0.15, -0.1) is 0 Å². The maximum atomic E-state index is 6.55. The maximum Gasteiger partial charge on any atom is 0.220 e. The molecule has 0 saturated carbocycles. The van der Waals surface area contributed by atoms with Gasteiger partial charge in [-0.1, -0.05) is 0 Å². The molecule has 0 spiro atoms. The molecule has 0 fully saturated rings. The smallest absolute Gasteiger partial charge is 0.220 e. The Bertz CT molecular complexity index is 244. The van der Waals surface area contributed by atoms with Gasteiger partial charge in [0, 0.05) is 13.2 Å². The minimum atomic E-state index is 0.539. The summed E-state index contributed by atoms with van der Waals surface area (Å²) in [5.41, 5.74) is 0.999. The quantitative estimate of drug-likeness (QED) is 0.552. The Morgan fingerprint density at radius 2 is 2.60 bits per heavy atom. The molecule has 0 atom stereocenters. The van der Waals surface area contributed by atoms with Crippen LogP contribution in [0.2, 0.25) is 0 Å². The fourth-order valence-corrected chi connectivity index (χ4v) is 0.767. The van der Waals surface area contributed by atoms with E-state index in [1.165, 1.54) is 0 Å². The summed E-state index contributed by atoms with van der Waals surface area (Å²) in [5, 5.41) is 0. The average Bonchev–Trinajstić information content (AvgIpc) is 2.31. The van der Waals surface area contributed by atoms with Crippen LogP contribution in [0, 0.1) is 6.57 Å². The molecule has 1 heterocycles. The van der Waals surface area contributed by atoms with Crippen LogP contribution in [0.25, 0.3) is 4.85 Å². The fourth-order valence-electron chi connectivity index (χ4n) is 0.767. The van der Waals surface area contributed by atoms with Crippen molar-refractivity contribution in [2.45, 2.75) is 6.42 Å². The molecule has 0 unspecified atom stereocenters. The molecular formula is C7H9N3. The number of rotatable bonds is 2.